The average molecular weight is 351 g/mol. The van der Waals surface area contributed by atoms with Crippen LogP contribution in [0.4, 0.5) is 5.69 Å². The molecule has 0 aliphatic rings. The molecule has 3 N–H and O–H groups in total. The number of nitrogens with two attached hydrogens (primary N) is 1. The highest BCUT2D eigenvalue weighted by molar-refractivity contribution is 5.94. The fraction of sp³-hybridized carbons (Fsp3) is 0.278. The SMILES string of the molecule is CCOc1ccc(C(=O)NCCc2ccc(N)cc2)cc1OC.Cl. The first-order valence-corrected chi connectivity index (χ1v) is 7.57. The third-order valence-electron chi connectivity index (χ3n) is 3.40. The monoisotopic (exact) mass is 350 g/mol. The van der Waals surface area contributed by atoms with E-state index in [2.05, 4.69) is 5.32 Å². The summed E-state index contributed by atoms with van der Waals surface area (Å²) in [6.45, 7) is 3.00. The summed E-state index contributed by atoms with van der Waals surface area (Å²) in [4.78, 5) is 12.2. The minimum Gasteiger partial charge on any atom is -0.493 e. The number of ether oxygens (including phenoxy) is 2. The summed E-state index contributed by atoms with van der Waals surface area (Å²) in [5, 5.41) is 2.90. The Morgan fingerprint density at radius 3 is 2.46 bits per heavy atom. The summed E-state index contributed by atoms with van der Waals surface area (Å²) in [5.74, 6) is 1.05. The van der Waals surface area contributed by atoms with Crippen LogP contribution in [0.1, 0.15) is 22.8 Å². The molecule has 0 radical (unpaired) electrons. The highest BCUT2D eigenvalue weighted by Crippen LogP contribution is 2.27. The van der Waals surface area contributed by atoms with Crippen molar-refractivity contribution in [2.24, 2.45) is 0 Å². The van der Waals surface area contributed by atoms with E-state index in [9.17, 15) is 4.79 Å². The predicted octanol–water partition coefficient (Wildman–Crippen LogP) is 3.07. The van der Waals surface area contributed by atoms with Crippen molar-refractivity contribution in [3.63, 3.8) is 0 Å². The summed E-state index contributed by atoms with van der Waals surface area (Å²) < 4.78 is 10.7. The molecule has 0 unspecified atom stereocenters. The molecule has 1 amide bonds. The molecule has 2 aromatic rings. The second kappa shape index (κ2) is 9.67. The molecule has 0 bridgehead atoms. The summed E-state index contributed by atoms with van der Waals surface area (Å²) in [7, 11) is 1.56. The molecule has 5 nitrogen and oxygen atoms in total. The molecular formula is C18H23ClN2O3. The van der Waals surface area contributed by atoms with E-state index in [1.54, 1.807) is 25.3 Å². The number of nitrogen functional groups attached to an aromatic ring is 1. The highest BCUT2D eigenvalue weighted by atomic mass is 35.5. The van der Waals surface area contributed by atoms with Crippen LogP contribution in [0, 0.1) is 0 Å². The van der Waals surface area contributed by atoms with E-state index in [1.807, 2.05) is 31.2 Å². The molecule has 0 saturated heterocycles. The van der Waals surface area contributed by atoms with Crippen molar-refractivity contribution in [1.82, 2.24) is 5.32 Å². The zero-order valence-electron chi connectivity index (χ0n) is 13.9. The van der Waals surface area contributed by atoms with Gasteiger partial charge in [0, 0.05) is 17.8 Å². The van der Waals surface area contributed by atoms with Crippen molar-refractivity contribution < 1.29 is 14.3 Å². The van der Waals surface area contributed by atoms with Crippen molar-refractivity contribution in [3.05, 3.63) is 53.6 Å². The molecule has 24 heavy (non-hydrogen) atoms. The number of halogens is 1. The maximum atomic E-state index is 12.2. The van der Waals surface area contributed by atoms with Gasteiger partial charge in [-0.3, -0.25) is 4.79 Å². The second-order valence-electron chi connectivity index (χ2n) is 5.05. The van der Waals surface area contributed by atoms with Crippen molar-refractivity contribution in [3.8, 4) is 11.5 Å². The minimum absolute atomic E-state index is 0. The number of hydrogen-bond donors (Lipinski definition) is 2. The molecule has 0 aromatic heterocycles. The molecule has 0 spiro atoms. The number of amides is 1. The van der Waals surface area contributed by atoms with E-state index in [0.29, 0.717) is 30.2 Å². The Kier molecular flexibility index (Phi) is 7.92. The molecule has 0 heterocycles. The zero-order chi connectivity index (χ0) is 16.7. The maximum absolute atomic E-state index is 12.2. The van der Waals surface area contributed by atoms with E-state index < -0.39 is 0 Å². The molecule has 130 valence electrons. The zero-order valence-corrected chi connectivity index (χ0v) is 14.7. The van der Waals surface area contributed by atoms with Crippen molar-refractivity contribution in [1.29, 1.82) is 0 Å². The van der Waals surface area contributed by atoms with Gasteiger partial charge in [-0.25, -0.2) is 0 Å². The number of methoxy groups -OCH3 is 1. The molecule has 6 heteroatoms. The molecule has 0 fully saturated rings. The van der Waals surface area contributed by atoms with Gasteiger partial charge in [-0.2, -0.15) is 0 Å². The lowest BCUT2D eigenvalue weighted by atomic mass is 10.1. The second-order valence-corrected chi connectivity index (χ2v) is 5.05. The minimum atomic E-state index is -0.137. The smallest absolute Gasteiger partial charge is 0.251 e. The van der Waals surface area contributed by atoms with Crippen LogP contribution in [0.5, 0.6) is 11.5 Å². The molecule has 0 aliphatic carbocycles. The Morgan fingerprint density at radius 1 is 1.12 bits per heavy atom. The standard InChI is InChI=1S/C18H22N2O3.ClH/c1-3-23-16-9-6-14(12-17(16)22-2)18(21)20-11-10-13-4-7-15(19)8-5-13;/h4-9,12H,3,10-11,19H2,1-2H3,(H,20,21);1H. The van der Waals surface area contributed by atoms with Crippen LogP contribution in [-0.2, 0) is 6.42 Å². The van der Waals surface area contributed by atoms with E-state index in [0.717, 1.165) is 17.7 Å². The van der Waals surface area contributed by atoms with Gasteiger partial charge in [0.25, 0.3) is 5.91 Å². The lowest BCUT2D eigenvalue weighted by molar-refractivity contribution is 0.0953. The van der Waals surface area contributed by atoms with Crippen molar-refractivity contribution in [2.75, 3.05) is 26.0 Å². The quantitative estimate of drug-likeness (QED) is 0.753. The number of nitrogens with one attached hydrogen (secondary N) is 1. The first kappa shape index (κ1) is 19.6. The van der Waals surface area contributed by atoms with Crippen LogP contribution >= 0.6 is 12.4 Å². The molecule has 2 aromatic carbocycles. The van der Waals surface area contributed by atoms with Gasteiger partial charge in [-0.15, -0.1) is 12.4 Å². The number of anilines is 1. The Bertz CT molecular complexity index is 660. The third-order valence-corrected chi connectivity index (χ3v) is 3.40. The van der Waals surface area contributed by atoms with Crippen molar-refractivity contribution in [2.45, 2.75) is 13.3 Å². The summed E-state index contributed by atoms with van der Waals surface area (Å²) in [6.07, 6.45) is 0.750. The van der Waals surface area contributed by atoms with Gasteiger partial charge < -0.3 is 20.5 Å². The lowest BCUT2D eigenvalue weighted by Gasteiger charge is -2.11. The largest absolute Gasteiger partial charge is 0.493 e. The van der Waals surface area contributed by atoms with Crippen molar-refractivity contribution >= 4 is 24.0 Å². The topological polar surface area (TPSA) is 73.6 Å². The van der Waals surface area contributed by atoms with Gasteiger partial charge >= 0.3 is 0 Å². The van der Waals surface area contributed by atoms with Gasteiger partial charge in [-0.05, 0) is 49.2 Å². The first-order valence-electron chi connectivity index (χ1n) is 7.57. The predicted molar refractivity (Wildman–Crippen MR) is 98.3 cm³/mol. The Balaban J connectivity index is 0.00000288. The van der Waals surface area contributed by atoms with Gasteiger partial charge in [0.2, 0.25) is 0 Å². The Morgan fingerprint density at radius 2 is 1.83 bits per heavy atom. The average Bonchev–Trinajstić information content (AvgIpc) is 2.57. The van der Waals surface area contributed by atoms with E-state index in [4.69, 9.17) is 15.2 Å². The van der Waals surface area contributed by atoms with E-state index in [1.165, 1.54) is 0 Å². The molecule has 0 aliphatic heterocycles. The van der Waals surface area contributed by atoms with Crippen LogP contribution in [0.25, 0.3) is 0 Å². The third kappa shape index (κ3) is 5.35. The van der Waals surface area contributed by atoms with Gasteiger partial charge in [0.1, 0.15) is 0 Å². The lowest BCUT2D eigenvalue weighted by Crippen LogP contribution is -2.25. The number of rotatable bonds is 7. The van der Waals surface area contributed by atoms with Crippen LogP contribution in [-0.4, -0.2) is 26.2 Å². The van der Waals surface area contributed by atoms with Crippen LogP contribution in [0.2, 0.25) is 0 Å². The number of carbonyl (C=O) groups excluding carboxylic acids is 1. The summed E-state index contributed by atoms with van der Waals surface area (Å²) in [5.41, 5.74) is 8.06. The fourth-order valence-electron chi connectivity index (χ4n) is 2.19. The summed E-state index contributed by atoms with van der Waals surface area (Å²) in [6, 6.07) is 12.8. The van der Waals surface area contributed by atoms with Crippen LogP contribution in [0.3, 0.4) is 0 Å². The van der Waals surface area contributed by atoms with E-state index >= 15 is 0 Å². The molecular weight excluding hydrogens is 328 g/mol. The maximum Gasteiger partial charge on any atom is 0.251 e. The first-order chi connectivity index (χ1) is 11.1. The fourth-order valence-corrected chi connectivity index (χ4v) is 2.19. The van der Waals surface area contributed by atoms with Crippen LogP contribution < -0.4 is 20.5 Å². The molecule has 2 rings (SSSR count). The number of hydrogen-bond acceptors (Lipinski definition) is 4. The highest BCUT2D eigenvalue weighted by Gasteiger charge is 2.10. The van der Waals surface area contributed by atoms with E-state index in [-0.39, 0.29) is 18.3 Å². The van der Waals surface area contributed by atoms with Gasteiger partial charge in [0.05, 0.1) is 13.7 Å². The number of benzene rings is 2. The normalized spacial score (nSPS) is 9.75. The molecule has 0 saturated carbocycles. The van der Waals surface area contributed by atoms with Crippen LogP contribution in [0.15, 0.2) is 42.5 Å². The Hall–Kier alpha value is -2.40. The number of carbonyl (C=O) groups is 1. The van der Waals surface area contributed by atoms with Gasteiger partial charge in [0.15, 0.2) is 11.5 Å². The Labute approximate surface area is 148 Å². The summed E-state index contributed by atoms with van der Waals surface area (Å²) >= 11 is 0. The van der Waals surface area contributed by atoms with Gasteiger partial charge in [-0.1, -0.05) is 12.1 Å². The molecule has 0 atom stereocenters.